The predicted octanol–water partition coefficient (Wildman–Crippen LogP) is -4.67. The Morgan fingerprint density at radius 3 is 2.11 bits per heavy atom. The number of carbonyl (C=O) groups is 2. The van der Waals surface area contributed by atoms with Crippen molar-refractivity contribution in [1.29, 1.82) is 0 Å². The van der Waals surface area contributed by atoms with Gasteiger partial charge in [-0.15, -0.1) is 6.61 Å². The van der Waals surface area contributed by atoms with Crippen LogP contribution in [0.4, 0.5) is 0 Å². The maximum absolute atomic E-state index is 11.3. The second-order valence-electron chi connectivity index (χ2n) is 4.27. The molecule has 0 rings (SSSR count). The molecule has 19 heavy (non-hydrogen) atoms. The van der Waals surface area contributed by atoms with Gasteiger partial charge in [-0.2, -0.15) is 0 Å². The van der Waals surface area contributed by atoms with E-state index in [1.54, 1.807) is 6.92 Å². The fourth-order valence-electron chi connectivity index (χ4n) is 0.831. The van der Waals surface area contributed by atoms with E-state index in [-0.39, 0.29) is 55.7 Å². The van der Waals surface area contributed by atoms with Gasteiger partial charge in [-0.05, 0) is 0 Å². The Balaban J connectivity index is -0.000000580. The molecule has 8 heteroatoms. The molecule has 0 heterocycles. The van der Waals surface area contributed by atoms with Crippen molar-refractivity contribution in [1.82, 2.24) is 5.32 Å². The molecule has 0 aromatic rings. The molecule has 0 aliphatic heterocycles. The van der Waals surface area contributed by atoms with Crippen molar-refractivity contribution in [3.8, 4) is 0 Å². The molecule has 0 radical (unpaired) electrons. The first-order valence-corrected chi connectivity index (χ1v) is 5.59. The average Bonchev–Trinajstić information content (AvgIpc) is 2.28. The van der Waals surface area contributed by atoms with Gasteiger partial charge in [0.05, 0.1) is 13.0 Å². The molecule has 0 aromatic carbocycles. The minimum Gasteiger partial charge on any atom is -0.855 e. The zero-order chi connectivity index (χ0) is 14.8. The van der Waals surface area contributed by atoms with Crippen molar-refractivity contribution in [2.45, 2.75) is 33.3 Å². The van der Waals surface area contributed by atoms with Gasteiger partial charge in [-0.1, -0.05) is 20.8 Å². The largest absolute Gasteiger partial charge is 1.00 e. The smallest absolute Gasteiger partial charge is 0.855 e. The number of aliphatic carboxylic acids is 1. The Hall–Kier alpha value is -0.180. The molecule has 0 spiro atoms. The fourth-order valence-corrected chi connectivity index (χ4v) is 0.831. The van der Waals surface area contributed by atoms with Crippen LogP contribution < -0.4 is 40.0 Å². The minimum absolute atomic E-state index is 0. The summed E-state index contributed by atoms with van der Waals surface area (Å²) in [6, 6.07) is 0. The van der Waals surface area contributed by atoms with Gasteiger partial charge in [0.15, 0.2) is 0 Å². The third-order valence-corrected chi connectivity index (χ3v) is 2.03. The molecule has 0 saturated carbocycles. The molecule has 4 N–H and O–H groups in total. The second-order valence-corrected chi connectivity index (χ2v) is 4.27. The van der Waals surface area contributed by atoms with Gasteiger partial charge >= 0.3 is 35.5 Å². The normalized spacial score (nSPS) is 11.5. The summed E-state index contributed by atoms with van der Waals surface area (Å²) in [5.41, 5.74) is -0.937. The van der Waals surface area contributed by atoms with Crippen molar-refractivity contribution in [3.63, 3.8) is 0 Å². The van der Waals surface area contributed by atoms with Crippen LogP contribution in [-0.4, -0.2) is 53.1 Å². The minimum atomic E-state index is -1.35. The summed E-state index contributed by atoms with van der Waals surface area (Å²) in [7, 11) is 0. The zero-order valence-electron chi connectivity index (χ0n) is 12.0. The monoisotopic (exact) mass is 287 g/mol. The van der Waals surface area contributed by atoms with E-state index < -0.39 is 23.4 Å². The molecule has 108 valence electrons. The standard InChI is InChI=1S/C9H17NO5.C2H5O.Na/c1-9(2,5-11)7(14)8(15)10-4-3-6(12)13;1-2-3;/h7,11,14H,3-5H2,1-2H3,(H,10,15)(H,12,13);2H2,1H3;/q;-1;+1. The quantitative estimate of drug-likeness (QED) is 0.363. The second kappa shape index (κ2) is 12.8. The van der Waals surface area contributed by atoms with Crippen LogP contribution in [0.2, 0.25) is 0 Å². The van der Waals surface area contributed by atoms with E-state index in [4.69, 9.17) is 15.3 Å². The number of hydrogen-bond acceptors (Lipinski definition) is 5. The van der Waals surface area contributed by atoms with Crippen LogP contribution in [0, 0.1) is 5.41 Å². The Bertz CT molecular complexity index is 260. The van der Waals surface area contributed by atoms with Crippen LogP contribution in [-0.2, 0) is 9.59 Å². The number of nitrogens with one attached hydrogen (secondary N) is 1. The fraction of sp³-hybridized carbons (Fsp3) is 0.818. The van der Waals surface area contributed by atoms with E-state index in [0.717, 1.165) is 0 Å². The first-order chi connectivity index (χ1) is 8.22. The maximum Gasteiger partial charge on any atom is 1.00 e. The molecule has 7 nitrogen and oxygen atoms in total. The molecule has 0 bridgehead atoms. The zero-order valence-corrected chi connectivity index (χ0v) is 14.0. The van der Waals surface area contributed by atoms with Crippen LogP contribution in [0.3, 0.4) is 0 Å². The molecule has 0 aliphatic rings. The number of carboxylic acid groups (broad SMARTS) is 1. The Kier molecular flexibility index (Phi) is 16.1. The number of aliphatic hydroxyl groups is 2. The summed E-state index contributed by atoms with van der Waals surface area (Å²) in [6.07, 6.45) is -1.55. The molecular formula is C11H22NNaO6. The summed E-state index contributed by atoms with van der Waals surface area (Å²) >= 11 is 0. The van der Waals surface area contributed by atoms with Crippen molar-refractivity contribution < 1.29 is 59.6 Å². The predicted molar refractivity (Wildman–Crippen MR) is 62.7 cm³/mol. The third kappa shape index (κ3) is 12.6. The number of rotatable bonds is 6. The molecule has 1 amide bonds. The molecule has 0 aromatic heterocycles. The Morgan fingerprint density at radius 2 is 1.79 bits per heavy atom. The first kappa shape index (κ1) is 23.9. The van der Waals surface area contributed by atoms with E-state index in [1.165, 1.54) is 13.8 Å². The number of carbonyl (C=O) groups excluding carboxylic acids is 1. The topological polar surface area (TPSA) is 130 Å². The van der Waals surface area contributed by atoms with Gasteiger partial charge in [0.25, 0.3) is 0 Å². The molecule has 0 aliphatic carbocycles. The Morgan fingerprint density at radius 1 is 1.37 bits per heavy atom. The van der Waals surface area contributed by atoms with Gasteiger partial charge in [0, 0.05) is 12.0 Å². The molecular weight excluding hydrogens is 265 g/mol. The molecule has 0 fully saturated rings. The van der Waals surface area contributed by atoms with E-state index in [1.807, 2.05) is 0 Å². The summed E-state index contributed by atoms with van der Waals surface area (Å²) < 4.78 is 0. The summed E-state index contributed by atoms with van der Waals surface area (Å²) in [5, 5.41) is 37.9. The van der Waals surface area contributed by atoms with Crippen LogP contribution in [0.1, 0.15) is 27.2 Å². The summed E-state index contributed by atoms with van der Waals surface area (Å²) in [5.74, 6) is -1.69. The summed E-state index contributed by atoms with van der Waals surface area (Å²) in [4.78, 5) is 21.4. The van der Waals surface area contributed by atoms with Gasteiger partial charge in [0.2, 0.25) is 5.91 Å². The van der Waals surface area contributed by atoms with E-state index in [9.17, 15) is 14.7 Å². The van der Waals surface area contributed by atoms with Gasteiger partial charge in [-0.25, -0.2) is 0 Å². The van der Waals surface area contributed by atoms with Crippen molar-refractivity contribution in [2.24, 2.45) is 5.41 Å². The van der Waals surface area contributed by atoms with Crippen LogP contribution in [0.5, 0.6) is 0 Å². The first-order valence-electron chi connectivity index (χ1n) is 5.59. The number of amides is 1. The number of aliphatic hydroxyl groups excluding tert-OH is 2. The Labute approximate surface area is 135 Å². The van der Waals surface area contributed by atoms with Crippen molar-refractivity contribution in [3.05, 3.63) is 0 Å². The van der Waals surface area contributed by atoms with Crippen LogP contribution in [0.15, 0.2) is 0 Å². The average molecular weight is 287 g/mol. The van der Waals surface area contributed by atoms with Crippen molar-refractivity contribution >= 4 is 11.9 Å². The van der Waals surface area contributed by atoms with E-state index in [0.29, 0.717) is 0 Å². The molecule has 1 atom stereocenters. The van der Waals surface area contributed by atoms with E-state index in [2.05, 4.69) is 5.32 Å². The van der Waals surface area contributed by atoms with Gasteiger partial charge in [-0.3, -0.25) is 9.59 Å². The maximum atomic E-state index is 11.3. The van der Waals surface area contributed by atoms with Crippen LogP contribution in [0.25, 0.3) is 0 Å². The van der Waals surface area contributed by atoms with Crippen LogP contribution >= 0.6 is 0 Å². The number of hydrogen-bond donors (Lipinski definition) is 4. The van der Waals surface area contributed by atoms with E-state index >= 15 is 0 Å². The molecule has 0 saturated heterocycles. The molecule has 1 unspecified atom stereocenters. The number of carboxylic acids is 1. The third-order valence-electron chi connectivity index (χ3n) is 2.03. The SMILES string of the molecule is CC(C)(CO)C(O)C(=O)NCCC(=O)O.CC[O-].[Na+]. The summed E-state index contributed by atoms with van der Waals surface area (Å²) in [6.45, 7) is 4.27. The van der Waals surface area contributed by atoms with Gasteiger partial charge < -0.3 is 25.7 Å². The van der Waals surface area contributed by atoms with Gasteiger partial charge in [0.1, 0.15) is 6.10 Å². The van der Waals surface area contributed by atoms with Crippen molar-refractivity contribution in [2.75, 3.05) is 19.8 Å².